The van der Waals surface area contributed by atoms with E-state index in [0.29, 0.717) is 24.0 Å². The molecule has 0 saturated heterocycles. The van der Waals surface area contributed by atoms with Gasteiger partial charge in [0.05, 0.1) is 12.7 Å². The Labute approximate surface area is 148 Å². The van der Waals surface area contributed by atoms with Crippen LogP contribution in [-0.2, 0) is 11.3 Å². The Morgan fingerprint density at radius 3 is 2.54 bits per heavy atom. The molecule has 0 heterocycles. The molecule has 24 heavy (non-hydrogen) atoms. The standard InChI is InChI=1S/C21H35NO2/c1-21(2,3)19-12-11-18(23)15-20(19)22(4)13-8-14-24-16-17-9-6-5-7-10-17/h5-7,9-10,18-20,23H,8,11-16H2,1-4H3. The number of ether oxygens (including phenoxy) is 1. The van der Waals surface area contributed by atoms with Crippen LogP contribution in [0.15, 0.2) is 30.3 Å². The first kappa shape index (κ1) is 19.4. The van der Waals surface area contributed by atoms with Gasteiger partial charge in [-0.2, -0.15) is 0 Å². The van der Waals surface area contributed by atoms with Gasteiger partial charge in [-0.25, -0.2) is 0 Å². The molecule has 3 nitrogen and oxygen atoms in total. The van der Waals surface area contributed by atoms with Gasteiger partial charge in [-0.3, -0.25) is 0 Å². The Bertz CT molecular complexity index is 468. The Morgan fingerprint density at radius 1 is 1.17 bits per heavy atom. The van der Waals surface area contributed by atoms with Crippen molar-refractivity contribution < 1.29 is 9.84 Å². The molecule has 1 aliphatic carbocycles. The number of benzene rings is 1. The first-order valence-electron chi connectivity index (χ1n) is 9.38. The highest BCUT2D eigenvalue weighted by atomic mass is 16.5. The van der Waals surface area contributed by atoms with E-state index in [1.54, 1.807) is 0 Å². The second-order valence-corrected chi connectivity index (χ2v) is 8.38. The van der Waals surface area contributed by atoms with Gasteiger partial charge in [0.1, 0.15) is 0 Å². The molecule has 1 aromatic rings. The molecule has 0 aliphatic heterocycles. The molecular weight excluding hydrogens is 298 g/mol. The average molecular weight is 334 g/mol. The van der Waals surface area contributed by atoms with Crippen LogP contribution in [0.5, 0.6) is 0 Å². The maximum Gasteiger partial charge on any atom is 0.0716 e. The maximum atomic E-state index is 10.1. The molecule has 3 unspecified atom stereocenters. The first-order valence-corrected chi connectivity index (χ1v) is 9.38. The zero-order valence-electron chi connectivity index (χ0n) is 15.9. The molecule has 0 amide bonds. The smallest absolute Gasteiger partial charge is 0.0716 e. The molecule has 0 bridgehead atoms. The summed E-state index contributed by atoms with van der Waals surface area (Å²) in [4.78, 5) is 2.45. The lowest BCUT2D eigenvalue weighted by Gasteiger charge is -2.46. The summed E-state index contributed by atoms with van der Waals surface area (Å²) in [5, 5.41) is 10.1. The van der Waals surface area contributed by atoms with Crippen molar-refractivity contribution in [1.29, 1.82) is 0 Å². The molecule has 1 fully saturated rings. The largest absolute Gasteiger partial charge is 0.393 e. The minimum absolute atomic E-state index is 0.134. The minimum Gasteiger partial charge on any atom is -0.393 e. The monoisotopic (exact) mass is 333 g/mol. The van der Waals surface area contributed by atoms with Crippen molar-refractivity contribution in [1.82, 2.24) is 4.90 Å². The van der Waals surface area contributed by atoms with Crippen LogP contribution in [0.2, 0.25) is 0 Å². The number of aliphatic hydroxyl groups excluding tert-OH is 1. The van der Waals surface area contributed by atoms with Crippen molar-refractivity contribution in [3.8, 4) is 0 Å². The molecule has 1 saturated carbocycles. The second kappa shape index (κ2) is 8.98. The Morgan fingerprint density at radius 2 is 1.88 bits per heavy atom. The van der Waals surface area contributed by atoms with Crippen LogP contribution in [0, 0.1) is 11.3 Å². The number of rotatable bonds is 7. The SMILES string of the molecule is CN(CCCOCc1ccccc1)C1CC(O)CCC1C(C)(C)C. The summed E-state index contributed by atoms with van der Waals surface area (Å²) in [7, 11) is 2.21. The highest BCUT2D eigenvalue weighted by Gasteiger charge is 2.38. The van der Waals surface area contributed by atoms with Crippen LogP contribution in [0.3, 0.4) is 0 Å². The third-order valence-corrected chi connectivity index (χ3v) is 5.38. The highest BCUT2D eigenvalue weighted by molar-refractivity contribution is 5.13. The van der Waals surface area contributed by atoms with E-state index in [0.717, 1.165) is 38.8 Å². The zero-order chi connectivity index (χ0) is 17.6. The van der Waals surface area contributed by atoms with E-state index in [4.69, 9.17) is 4.74 Å². The van der Waals surface area contributed by atoms with Crippen LogP contribution < -0.4 is 0 Å². The van der Waals surface area contributed by atoms with Crippen molar-refractivity contribution in [2.75, 3.05) is 20.2 Å². The molecule has 1 aliphatic rings. The van der Waals surface area contributed by atoms with E-state index >= 15 is 0 Å². The lowest BCUT2D eigenvalue weighted by atomic mass is 9.68. The molecule has 2 rings (SSSR count). The van der Waals surface area contributed by atoms with Gasteiger partial charge in [-0.15, -0.1) is 0 Å². The van der Waals surface area contributed by atoms with Gasteiger partial charge in [0.2, 0.25) is 0 Å². The Balaban J connectivity index is 1.74. The molecule has 3 heteroatoms. The predicted molar refractivity (Wildman–Crippen MR) is 99.9 cm³/mol. The molecule has 0 spiro atoms. The second-order valence-electron chi connectivity index (χ2n) is 8.38. The van der Waals surface area contributed by atoms with E-state index < -0.39 is 0 Å². The fourth-order valence-corrected chi connectivity index (χ4v) is 3.97. The number of nitrogens with zero attached hydrogens (tertiary/aromatic N) is 1. The lowest BCUT2D eigenvalue weighted by molar-refractivity contribution is -0.00524. The van der Waals surface area contributed by atoms with Crippen molar-refractivity contribution in [2.45, 2.75) is 65.2 Å². The number of hydrogen-bond donors (Lipinski definition) is 1. The van der Waals surface area contributed by atoms with Gasteiger partial charge in [0, 0.05) is 19.2 Å². The van der Waals surface area contributed by atoms with Gasteiger partial charge in [-0.05, 0) is 49.6 Å². The zero-order valence-corrected chi connectivity index (χ0v) is 15.9. The fraction of sp³-hybridized carbons (Fsp3) is 0.714. The van der Waals surface area contributed by atoms with Gasteiger partial charge in [-0.1, -0.05) is 51.1 Å². The van der Waals surface area contributed by atoms with E-state index in [1.807, 2.05) is 18.2 Å². The molecular formula is C21H35NO2. The van der Waals surface area contributed by atoms with Crippen LogP contribution in [0.1, 0.15) is 52.0 Å². The molecule has 1 aromatic carbocycles. The van der Waals surface area contributed by atoms with Gasteiger partial charge < -0.3 is 14.7 Å². The third kappa shape index (κ3) is 5.87. The van der Waals surface area contributed by atoms with Crippen molar-refractivity contribution in [3.05, 3.63) is 35.9 Å². The first-order chi connectivity index (χ1) is 11.4. The normalized spacial score (nSPS) is 25.2. The number of aliphatic hydroxyl groups is 1. The summed E-state index contributed by atoms with van der Waals surface area (Å²) < 4.78 is 5.80. The van der Waals surface area contributed by atoms with E-state index in [9.17, 15) is 5.11 Å². The van der Waals surface area contributed by atoms with Crippen LogP contribution >= 0.6 is 0 Å². The summed E-state index contributed by atoms with van der Waals surface area (Å²) in [6.07, 6.45) is 3.89. The minimum atomic E-state index is -0.134. The molecule has 136 valence electrons. The highest BCUT2D eigenvalue weighted by Crippen LogP contribution is 2.40. The van der Waals surface area contributed by atoms with E-state index in [1.165, 1.54) is 5.56 Å². The van der Waals surface area contributed by atoms with Gasteiger partial charge >= 0.3 is 0 Å². The van der Waals surface area contributed by atoms with E-state index in [-0.39, 0.29) is 6.10 Å². The summed E-state index contributed by atoms with van der Waals surface area (Å²) in [6, 6.07) is 10.8. The summed E-state index contributed by atoms with van der Waals surface area (Å²) in [5.74, 6) is 0.649. The predicted octanol–water partition coefficient (Wildman–Crippen LogP) is 4.10. The number of hydrogen-bond acceptors (Lipinski definition) is 3. The van der Waals surface area contributed by atoms with Gasteiger partial charge in [0.15, 0.2) is 0 Å². The maximum absolute atomic E-state index is 10.1. The molecule has 0 aromatic heterocycles. The van der Waals surface area contributed by atoms with Crippen molar-refractivity contribution in [2.24, 2.45) is 11.3 Å². The molecule has 3 atom stereocenters. The Kier molecular flexibility index (Phi) is 7.27. The molecule has 0 radical (unpaired) electrons. The van der Waals surface area contributed by atoms with Crippen molar-refractivity contribution in [3.63, 3.8) is 0 Å². The Hall–Kier alpha value is -0.900. The average Bonchev–Trinajstić information content (AvgIpc) is 2.54. The summed E-state index contributed by atoms with van der Waals surface area (Å²) >= 11 is 0. The quantitative estimate of drug-likeness (QED) is 0.763. The van der Waals surface area contributed by atoms with Gasteiger partial charge in [0.25, 0.3) is 0 Å². The van der Waals surface area contributed by atoms with Crippen LogP contribution in [0.25, 0.3) is 0 Å². The van der Waals surface area contributed by atoms with Crippen molar-refractivity contribution >= 4 is 0 Å². The van der Waals surface area contributed by atoms with Crippen LogP contribution in [0.4, 0.5) is 0 Å². The summed E-state index contributed by atoms with van der Waals surface area (Å²) in [5.41, 5.74) is 1.53. The summed E-state index contributed by atoms with van der Waals surface area (Å²) in [6.45, 7) is 9.50. The topological polar surface area (TPSA) is 32.7 Å². The van der Waals surface area contributed by atoms with Crippen LogP contribution in [-0.4, -0.2) is 42.4 Å². The lowest BCUT2D eigenvalue weighted by Crippen LogP contribution is -2.48. The molecule has 1 N–H and O–H groups in total. The van der Waals surface area contributed by atoms with E-state index in [2.05, 4.69) is 44.9 Å². The fourth-order valence-electron chi connectivity index (χ4n) is 3.97. The third-order valence-electron chi connectivity index (χ3n) is 5.38.